The van der Waals surface area contributed by atoms with Gasteiger partial charge in [0.15, 0.2) is 0 Å². The Morgan fingerprint density at radius 3 is 2.80 bits per heavy atom. The van der Waals surface area contributed by atoms with Gasteiger partial charge in [0.05, 0.1) is 6.10 Å². The molecule has 0 bridgehead atoms. The standard InChI is InChI=1S/C12H16O2S/c1-15-12-8-3-2-6-11(12)14-10-7-4-5-9(10)13/h2-3,6,8-10,13H,4-5,7H2,1H3/t9-,10-/m0/s1. The third kappa shape index (κ3) is 2.47. The molecule has 0 saturated heterocycles. The molecule has 2 nitrogen and oxygen atoms in total. The maximum atomic E-state index is 9.68. The lowest BCUT2D eigenvalue weighted by Gasteiger charge is -2.18. The third-order valence-corrected chi connectivity index (χ3v) is 3.54. The second-order valence-electron chi connectivity index (χ2n) is 3.81. The summed E-state index contributed by atoms with van der Waals surface area (Å²) in [5.41, 5.74) is 0. The average Bonchev–Trinajstić information content (AvgIpc) is 2.65. The van der Waals surface area contributed by atoms with Gasteiger partial charge in [0.25, 0.3) is 0 Å². The highest BCUT2D eigenvalue weighted by molar-refractivity contribution is 7.98. The molecule has 3 heteroatoms. The number of hydrogen-bond donors (Lipinski definition) is 1. The zero-order chi connectivity index (χ0) is 10.7. The van der Waals surface area contributed by atoms with Crippen LogP contribution < -0.4 is 4.74 Å². The minimum absolute atomic E-state index is 0.0155. The lowest BCUT2D eigenvalue weighted by atomic mass is 10.2. The van der Waals surface area contributed by atoms with Crippen LogP contribution in [-0.4, -0.2) is 23.6 Å². The average molecular weight is 224 g/mol. The number of benzene rings is 1. The third-order valence-electron chi connectivity index (χ3n) is 2.77. The number of aliphatic hydroxyl groups is 1. The van der Waals surface area contributed by atoms with E-state index in [1.54, 1.807) is 11.8 Å². The Labute approximate surface area is 94.6 Å². The summed E-state index contributed by atoms with van der Waals surface area (Å²) in [4.78, 5) is 1.14. The van der Waals surface area contributed by atoms with Crippen LogP contribution in [-0.2, 0) is 0 Å². The second kappa shape index (κ2) is 4.90. The molecule has 2 rings (SSSR count). The molecule has 0 aromatic heterocycles. The molecule has 1 aliphatic carbocycles. The van der Waals surface area contributed by atoms with Gasteiger partial charge in [0.1, 0.15) is 11.9 Å². The Bertz CT molecular complexity index is 327. The Hall–Kier alpha value is -0.670. The molecule has 0 aliphatic heterocycles. The Morgan fingerprint density at radius 2 is 2.13 bits per heavy atom. The molecule has 0 radical (unpaired) electrons. The van der Waals surface area contributed by atoms with Gasteiger partial charge < -0.3 is 9.84 Å². The molecule has 1 aliphatic rings. The molecule has 82 valence electrons. The van der Waals surface area contributed by atoms with E-state index in [2.05, 4.69) is 0 Å². The first-order valence-electron chi connectivity index (χ1n) is 5.29. The molecule has 15 heavy (non-hydrogen) atoms. The van der Waals surface area contributed by atoms with Crippen molar-refractivity contribution in [2.24, 2.45) is 0 Å². The fourth-order valence-corrected chi connectivity index (χ4v) is 2.46. The van der Waals surface area contributed by atoms with E-state index in [0.29, 0.717) is 0 Å². The summed E-state index contributed by atoms with van der Waals surface area (Å²) >= 11 is 1.67. The molecule has 1 fully saturated rings. The maximum absolute atomic E-state index is 9.68. The Balaban J connectivity index is 2.09. The van der Waals surface area contributed by atoms with Crippen LogP contribution in [0.4, 0.5) is 0 Å². The van der Waals surface area contributed by atoms with Crippen molar-refractivity contribution in [2.45, 2.75) is 36.4 Å². The minimum Gasteiger partial charge on any atom is -0.487 e. The van der Waals surface area contributed by atoms with Gasteiger partial charge >= 0.3 is 0 Å². The fourth-order valence-electron chi connectivity index (χ4n) is 1.92. The van der Waals surface area contributed by atoms with Gasteiger partial charge in [0.2, 0.25) is 0 Å². The monoisotopic (exact) mass is 224 g/mol. The van der Waals surface area contributed by atoms with E-state index in [9.17, 15) is 5.11 Å². The summed E-state index contributed by atoms with van der Waals surface area (Å²) in [6, 6.07) is 7.98. The van der Waals surface area contributed by atoms with Crippen LogP contribution in [0.25, 0.3) is 0 Å². The van der Waals surface area contributed by atoms with Gasteiger partial charge in [-0.1, -0.05) is 12.1 Å². The largest absolute Gasteiger partial charge is 0.487 e. The molecule has 1 N–H and O–H groups in total. The van der Waals surface area contributed by atoms with Crippen LogP contribution in [0.3, 0.4) is 0 Å². The summed E-state index contributed by atoms with van der Waals surface area (Å²) in [6.45, 7) is 0. The normalized spacial score (nSPS) is 25.5. The number of aliphatic hydroxyl groups excluding tert-OH is 1. The number of thioether (sulfide) groups is 1. The van der Waals surface area contributed by atoms with Gasteiger partial charge in [-0.15, -0.1) is 11.8 Å². The number of hydrogen-bond acceptors (Lipinski definition) is 3. The zero-order valence-electron chi connectivity index (χ0n) is 8.85. The molecule has 0 unspecified atom stereocenters. The molecular formula is C12H16O2S. The first-order chi connectivity index (χ1) is 7.31. The highest BCUT2D eigenvalue weighted by Crippen LogP contribution is 2.31. The lowest BCUT2D eigenvalue weighted by molar-refractivity contribution is 0.0586. The van der Waals surface area contributed by atoms with Crippen LogP contribution in [0.5, 0.6) is 5.75 Å². The second-order valence-corrected chi connectivity index (χ2v) is 4.65. The molecule has 0 amide bonds. The first-order valence-corrected chi connectivity index (χ1v) is 6.51. The topological polar surface area (TPSA) is 29.5 Å². The van der Waals surface area contributed by atoms with E-state index < -0.39 is 0 Å². The molecule has 0 heterocycles. The number of ether oxygens (including phenoxy) is 1. The van der Waals surface area contributed by atoms with Crippen molar-refractivity contribution in [1.82, 2.24) is 0 Å². The van der Waals surface area contributed by atoms with Gasteiger partial charge in [-0.2, -0.15) is 0 Å². The minimum atomic E-state index is -0.292. The zero-order valence-corrected chi connectivity index (χ0v) is 9.67. The van der Waals surface area contributed by atoms with E-state index in [4.69, 9.17) is 4.74 Å². The highest BCUT2D eigenvalue weighted by Gasteiger charge is 2.27. The van der Waals surface area contributed by atoms with E-state index in [1.165, 1.54) is 0 Å². The van der Waals surface area contributed by atoms with E-state index >= 15 is 0 Å². The molecule has 1 aromatic carbocycles. The SMILES string of the molecule is CSc1ccccc1O[C@H]1CCC[C@@H]1O. The van der Waals surface area contributed by atoms with Crippen molar-refractivity contribution in [1.29, 1.82) is 0 Å². The van der Waals surface area contributed by atoms with Crippen LogP contribution in [0.15, 0.2) is 29.2 Å². The smallest absolute Gasteiger partial charge is 0.133 e. The quantitative estimate of drug-likeness (QED) is 0.800. The molecule has 1 aromatic rings. The van der Waals surface area contributed by atoms with Gasteiger partial charge in [-0.25, -0.2) is 0 Å². The van der Waals surface area contributed by atoms with Crippen molar-refractivity contribution in [3.05, 3.63) is 24.3 Å². The van der Waals surface area contributed by atoms with Gasteiger partial charge in [0, 0.05) is 4.90 Å². The van der Waals surface area contributed by atoms with Crippen molar-refractivity contribution < 1.29 is 9.84 Å². The van der Waals surface area contributed by atoms with Gasteiger partial charge in [-0.3, -0.25) is 0 Å². The van der Waals surface area contributed by atoms with Crippen LogP contribution >= 0.6 is 11.8 Å². The van der Waals surface area contributed by atoms with Crippen LogP contribution in [0, 0.1) is 0 Å². The fraction of sp³-hybridized carbons (Fsp3) is 0.500. The van der Waals surface area contributed by atoms with Crippen molar-refractivity contribution in [3.8, 4) is 5.75 Å². The van der Waals surface area contributed by atoms with Crippen molar-refractivity contribution >= 4 is 11.8 Å². The predicted octanol–water partition coefficient (Wildman–Crippen LogP) is 2.70. The lowest BCUT2D eigenvalue weighted by Crippen LogP contribution is -2.25. The van der Waals surface area contributed by atoms with Crippen LogP contribution in [0.1, 0.15) is 19.3 Å². The Morgan fingerprint density at radius 1 is 1.33 bits per heavy atom. The van der Waals surface area contributed by atoms with Crippen LogP contribution in [0.2, 0.25) is 0 Å². The molecular weight excluding hydrogens is 208 g/mol. The molecule has 2 atom stereocenters. The Kier molecular flexibility index (Phi) is 3.54. The maximum Gasteiger partial charge on any atom is 0.133 e. The van der Waals surface area contributed by atoms with Gasteiger partial charge in [-0.05, 0) is 37.7 Å². The molecule has 1 saturated carbocycles. The number of para-hydroxylation sites is 1. The first kappa shape index (κ1) is 10.8. The van der Waals surface area contributed by atoms with E-state index in [-0.39, 0.29) is 12.2 Å². The molecule has 0 spiro atoms. The van der Waals surface area contributed by atoms with Crippen molar-refractivity contribution in [2.75, 3.05) is 6.26 Å². The summed E-state index contributed by atoms with van der Waals surface area (Å²) in [5, 5.41) is 9.68. The summed E-state index contributed by atoms with van der Waals surface area (Å²) in [5.74, 6) is 0.899. The van der Waals surface area contributed by atoms with Crippen molar-refractivity contribution in [3.63, 3.8) is 0 Å². The van der Waals surface area contributed by atoms with E-state index in [0.717, 1.165) is 29.9 Å². The highest BCUT2D eigenvalue weighted by atomic mass is 32.2. The summed E-state index contributed by atoms with van der Waals surface area (Å²) in [6.07, 6.45) is 4.62. The predicted molar refractivity (Wildman–Crippen MR) is 62.5 cm³/mol. The van der Waals surface area contributed by atoms with E-state index in [1.807, 2.05) is 30.5 Å². The summed E-state index contributed by atoms with van der Waals surface area (Å²) < 4.78 is 5.84. The number of rotatable bonds is 3. The summed E-state index contributed by atoms with van der Waals surface area (Å²) in [7, 11) is 0.